The lowest BCUT2D eigenvalue weighted by Crippen LogP contribution is -2.58. The number of thiophene rings is 1. The number of allylic oxidation sites excluding steroid dienone is 4. The van der Waals surface area contributed by atoms with Gasteiger partial charge in [0.2, 0.25) is 11.8 Å². The third-order valence-electron chi connectivity index (χ3n) is 10.9. The van der Waals surface area contributed by atoms with Crippen molar-refractivity contribution >= 4 is 40.3 Å². The number of carbonyl (C=O) groups is 4. The molecule has 1 saturated heterocycles. The molecule has 0 unspecified atom stereocenters. The van der Waals surface area contributed by atoms with Crippen LogP contribution in [0.2, 0.25) is 0 Å². The molecule has 8 rings (SSSR count). The Hall–Kier alpha value is -4.88. The van der Waals surface area contributed by atoms with E-state index in [1.54, 1.807) is 6.07 Å². The largest absolute Gasteiger partial charge is 0.508 e. The molecule has 47 heavy (non-hydrogen) atoms. The van der Waals surface area contributed by atoms with Gasteiger partial charge in [-0.2, -0.15) is 0 Å². The molecule has 7 heteroatoms. The molecule has 4 aromatic rings. The molecule has 4 aliphatic rings. The number of imide groups is 1. The summed E-state index contributed by atoms with van der Waals surface area (Å²) in [6.45, 7) is 2.06. The molecule has 2 heterocycles. The van der Waals surface area contributed by atoms with Crippen molar-refractivity contribution in [1.82, 2.24) is 4.90 Å². The number of phenols is 1. The van der Waals surface area contributed by atoms with Crippen LogP contribution in [-0.4, -0.2) is 33.4 Å². The third kappa shape index (κ3) is 4.36. The summed E-state index contributed by atoms with van der Waals surface area (Å²) in [5.41, 5.74) is 2.90. The van der Waals surface area contributed by atoms with E-state index in [1.807, 2.05) is 97.2 Å². The number of amides is 2. The van der Waals surface area contributed by atoms with Crippen LogP contribution in [0, 0.1) is 30.6 Å². The fourth-order valence-corrected chi connectivity index (χ4v) is 9.58. The Morgan fingerprint density at radius 3 is 2.32 bits per heavy atom. The Labute approximate surface area is 277 Å². The summed E-state index contributed by atoms with van der Waals surface area (Å²) in [4.78, 5) is 60.4. The van der Waals surface area contributed by atoms with Crippen molar-refractivity contribution in [2.75, 3.05) is 0 Å². The van der Waals surface area contributed by atoms with E-state index in [2.05, 4.69) is 6.08 Å². The van der Waals surface area contributed by atoms with Crippen LogP contribution in [0.1, 0.15) is 45.9 Å². The van der Waals surface area contributed by atoms with E-state index in [0.29, 0.717) is 23.1 Å². The number of aryl methyl sites for hydroxylation is 1. The predicted octanol–water partition coefficient (Wildman–Crippen LogP) is 6.79. The number of phenolic OH excluding ortho intramolecular Hbond substituents is 1. The van der Waals surface area contributed by atoms with Crippen molar-refractivity contribution in [1.29, 1.82) is 0 Å². The second-order valence-corrected chi connectivity index (χ2v) is 14.2. The highest BCUT2D eigenvalue weighted by Gasteiger charge is 2.65. The monoisotopic (exact) mass is 639 g/mol. The molecule has 2 fully saturated rings. The summed E-state index contributed by atoms with van der Waals surface area (Å²) in [7, 11) is 0. The van der Waals surface area contributed by atoms with Gasteiger partial charge < -0.3 is 5.11 Å². The van der Waals surface area contributed by atoms with Crippen molar-refractivity contribution < 1.29 is 24.3 Å². The molecular formula is C40H33NO5S. The van der Waals surface area contributed by atoms with Crippen LogP contribution in [0.3, 0.4) is 0 Å². The fourth-order valence-electron chi connectivity index (χ4n) is 8.89. The molecule has 0 bridgehead atoms. The van der Waals surface area contributed by atoms with E-state index in [4.69, 9.17) is 0 Å². The Balaban J connectivity index is 1.35. The quantitative estimate of drug-likeness (QED) is 0.192. The summed E-state index contributed by atoms with van der Waals surface area (Å²) in [6.07, 6.45) is 4.27. The van der Waals surface area contributed by atoms with Crippen LogP contribution in [-0.2, 0) is 31.1 Å². The number of ketones is 2. The van der Waals surface area contributed by atoms with Gasteiger partial charge in [0.15, 0.2) is 11.6 Å². The van der Waals surface area contributed by atoms with Crippen LogP contribution in [0.25, 0.3) is 5.57 Å². The highest BCUT2D eigenvalue weighted by atomic mass is 32.1. The topological polar surface area (TPSA) is 91.8 Å². The molecule has 6 atom stereocenters. The lowest BCUT2D eigenvalue weighted by molar-refractivity contribution is -0.141. The number of hydrogen-bond acceptors (Lipinski definition) is 6. The van der Waals surface area contributed by atoms with Crippen LogP contribution in [0.15, 0.2) is 114 Å². The number of hydrogen-bond donors (Lipinski definition) is 1. The zero-order chi connectivity index (χ0) is 32.4. The first-order chi connectivity index (χ1) is 22.8. The standard InChI is InChI=1S/C40H33NO5S/c1-23-19-25(14-17-33(23)42)36-28-15-16-29-35(39(46)41(38(29)45)22-27-13-8-18-47-27)31(28)20-32-37(44)30(24-9-4-2-5-10-24)21-34(43)40(32,36)26-11-6-3-7-12-26/h2-15,17-19,21,29,31-32,35-36,42H,16,20,22H2,1H3/t29-,31+,32-,35-,36-,40-/m0/s1. The zero-order valence-corrected chi connectivity index (χ0v) is 26.7. The lowest BCUT2D eigenvalue weighted by atomic mass is 9.44. The van der Waals surface area contributed by atoms with Gasteiger partial charge in [-0.3, -0.25) is 24.1 Å². The zero-order valence-electron chi connectivity index (χ0n) is 25.8. The summed E-state index contributed by atoms with van der Waals surface area (Å²) in [6, 6.07) is 28.0. The number of nitrogens with zero attached hydrogens (tertiary/aromatic N) is 1. The van der Waals surface area contributed by atoms with E-state index in [0.717, 1.165) is 21.6 Å². The van der Waals surface area contributed by atoms with Gasteiger partial charge in [0, 0.05) is 22.3 Å². The minimum absolute atomic E-state index is 0.131. The maximum absolute atomic E-state index is 15.0. The van der Waals surface area contributed by atoms with Crippen LogP contribution in [0.5, 0.6) is 5.75 Å². The van der Waals surface area contributed by atoms with E-state index in [-0.39, 0.29) is 42.1 Å². The molecule has 1 aromatic heterocycles. The second kappa shape index (κ2) is 11.1. The number of carbonyl (C=O) groups excluding carboxylic acids is 4. The van der Waals surface area contributed by atoms with Gasteiger partial charge in [-0.1, -0.05) is 90.5 Å². The average molecular weight is 640 g/mol. The van der Waals surface area contributed by atoms with Crippen molar-refractivity contribution in [3.63, 3.8) is 0 Å². The van der Waals surface area contributed by atoms with E-state index < -0.39 is 35.0 Å². The van der Waals surface area contributed by atoms with Gasteiger partial charge in [-0.05, 0) is 71.5 Å². The van der Waals surface area contributed by atoms with E-state index in [1.165, 1.54) is 22.3 Å². The number of fused-ring (bicyclic) bond motifs is 4. The SMILES string of the molecule is Cc1cc([C@H]2C3=CC[C@@H]4C(=O)N(Cc5cccs5)C(=O)[C@@H]4[C@@H]3C[C@H]3C(=O)C(c4ccccc4)=CC(=O)[C@@]23c2ccccc2)ccc1O. The number of aromatic hydroxyl groups is 1. The fraction of sp³-hybridized carbons (Fsp3) is 0.250. The van der Waals surface area contributed by atoms with Crippen molar-refractivity contribution in [3.8, 4) is 5.75 Å². The minimum Gasteiger partial charge on any atom is -0.508 e. The normalized spacial score (nSPS) is 28.4. The molecule has 2 amide bonds. The average Bonchev–Trinajstić information content (AvgIpc) is 3.70. The molecule has 6 nitrogen and oxygen atoms in total. The van der Waals surface area contributed by atoms with Crippen LogP contribution < -0.4 is 0 Å². The first-order valence-electron chi connectivity index (χ1n) is 16.1. The van der Waals surface area contributed by atoms with Gasteiger partial charge in [0.05, 0.1) is 23.8 Å². The van der Waals surface area contributed by atoms with Gasteiger partial charge in [0.1, 0.15) is 5.75 Å². The lowest BCUT2D eigenvalue weighted by Gasteiger charge is -2.55. The summed E-state index contributed by atoms with van der Waals surface area (Å²) in [5, 5.41) is 12.5. The predicted molar refractivity (Wildman–Crippen MR) is 179 cm³/mol. The second-order valence-electron chi connectivity index (χ2n) is 13.2. The number of Topliss-reactive ketones (excluding diaryl/α,β-unsaturated/α-hetero) is 1. The van der Waals surface area contributed by atoms with Gasteiger partial charge in [-0.25, -0.2) is 0 Å². The molecule has 234 valence electrons. The Morgan fingerprint density at radius 1 is 0.872 bits per heavy atom. The number of likely N-dealkylation sites (tertiary alicyclic amines) is 1. The molecular weight excluding hydrogens is 607 g/mol. The van der Waals surface area contributed by atoms with Gasteiger partial charge >= 0.3 is 0 Å². The van der Waals surface area contributed by atoms with Crippen LogP contribution >= 0.6 is 11.3 Å². The van der Waals surface area contributed by atoms with Crippen molar-refractivity contribution in [2.24, 2.45) is 23.7 Å². The molecule has 1 aliphatic heterocycles. The smallest absolute Gasteiger partial charge is 0.234 e. The first-order valence-corrected chi connectivity index (χ1v) is 17.0. The van der Waals surface area contributed by atoms with Crippen molar-refractivity contribution in [2.45, 2.75) is 37.6 Å². The first kappa shape index (κ1) is 29.5. The van der Waals surface area contributed by atoms with Gasteiger partial charge in [0.25, 0.3) is 0 Å². The Kier molecular flexibility index (Phi) is 6.99. The Bertz CT molecular complexity index is 2000. The van der Waals surface area contributed by atoms with E-state index in [9.17, 15) is 19.5 Å². The van der Waals surface area contributed by atoms with Crippen molar-refractivity contribution in [3.05, 3.63) is 141 Å². The summed E-state index contributed by atoms with van der Waals surface area (Å²) in [5.74, 6) is -3.44. The molecule has 0 spiro atoms. The Morgan fingerprint density at radius 2 is 1.62 bits per heavy atom. The molecule has 3 aromatic carbocycles. The molecule has 1 N–H and O–H groups in total. The maximum atomic E-state index is 15.0. The van der Waals surface area contributed by atoms with Gasteiger partial charge in [-0.15, -0.1) is 11.3 Å². The number of rotatable bonds is 5. The summed E-state index contributed by atoms with van der Waals surface area (Å²) >= 11 is 1.51. The molecule has 0 radical (unpaired) electrons. The minimum atomic E-state index is -1.28. The summed E-state index contributed by atoms with van der Waals surface area (Å²) < 4.78 is 0. The molecule has 3 aliphatic carbocycles. The van der Waals surface area contributed by atoms with E-state index >= 15 is 4.79 Å². The third-order valence-corrected chi connectivity index (χ3v) is 11.8. The highest BCUT2D eigenvalue weighted by Crippen LogP contribution is 2.63. The highest BCUT2D eigenvalue weighted by molar-refractivity contribution is 7.09. The maximum Gasteiger partial charge on any atom is 0.234 e. The number of benzene rings is 3. The van der Waals surface area contributed by atoms with Crippen LogP contribution in [0.4, 0.5) is 0 Å². The molecule has 1 saturated carbocycles.